The van der Waals surface area contributed by atoms with Gasteiger partial charge in [-0.05, 0) is 39.9 Å². The predicted molar refractivity (Wildman–Crippen MR) is 133 cm³/mol. The summed E-state index contributed by atoms with van der Waals surface area (Å²) < 4.78 is 0. The lowest BCUT2D eigenvalue weighted by molar-refractivity contribution is 0.742. The summed E-state index contributed by atoms with van der Waals surface area (Å²) in [6.07, 6.45) is 0. The van der Waals surface area contributed by atoms with Crippen LogP contribution in [0.2, 0.25) is 0 Å². The van der Waals surface area contributed by atoms with Crippen LogP contribution in [0.25, 0.3) is 11.1 Å². The number of benzene rings is 5. The van der Waals surface area contributed by atoms with Gasteiger partial charge in [-0.25, -0.2) is 0 Å². The third-order valence-corrected chi connectivity index (χ3v) is 6.54. The van der Waals surface area contributed by atoms with Gasteiger partial charge in [-0.2, -0.15) is 0 Å². The van der Waals surface area contributed by atoms with Crippen molar-refractivity contribution in [1.29, 1.82) is 0 Å². The summed E-state index contributed by atoms with van der Waals surface area (Å²) in [5.41, 5.74) is 9.44. The highest BCUT2D eigenvalue weighted by Crippen LogP contribution is 2.56. The van der Waals surface area contributed by atoms with Crippen LogP contribution in [0.4, 0.5) is 11.4 Å². The molecule has 0 amide bonds. The van der Waals surface area contributed by atoms with E-state index in [9.17, 15) is 0 Å². The molecule has 0 bridgehead atoms. The molecule has 1 aliphatic rings. The quantitative estimate of drug-likeness (QED) is 0.314. The largest absolute Gasteiger partial charge is 0.355 e. The molecule has 5 aromatic carbocycles. The highest BCUT2D eigenvalue weighted by molar-refractivity contribution is 5.88. The molecule has 5 aromatic rings. The van der Waals surface area contributed by atoms with E-state index in [1.807, 2.05) is 0 Å². The predicted octanol–water partition coefficient (Wildman–Crippen LogP) is 7.79. The van der Waals surface area contributed by atoms with Crippen LogP contribution in [-0.2, 0) is 5.41 Å². The van der Waals surface area contributed by atoms with E-state index in [4.69, 9.17) is 0 Å². The van der Waals surface area contributed by atoms with Gasteiger partial charge in [-0.1, -0.05) is 121 Å². The van der Waals surface area contributed by atoms with Gasteiger partial charge in [-0.3, -0.25) is 0 Å². The first-order valence-corrected chi connectivity index (χ1v) is 11.1. The fourth-order valence-corrected chi connectivity index (χ4v) is 5.26. The third-order valence-electron chi connectivity index (χ3n) is 6.54. The number of hydrogen-bond donors (Lipinski definition) is 1. The number of hydrogen-bond acceptors (Lipinski definition) is 1. The Kier molecular flexibility index (Phi) is 4.40. The van der Waals surface area contributed by atoms with E-state index >= 15 is 0 Å². The Labute approximate surface area is 189 Å². The first-order chi connectivity index (χ1) is 15.9. The van der Waals surface area contributed by atoms with E-state index in [0.717, 1.165) is 11.4 Å². The molecule has 1 N–H and O–H groups in total. The van der Waals surface area contributed by atoms with Crippen molar-refractivity contribution in [1.82, 2.24) is 0 Å². The standard InChI is InChI=1S/C31H23N/c1-4-13-23(14-5-1)26-19-12-22-29-30(26)31(24-15-6-2-7-16-24,25-17-8-3-9-18-25)27-20-10-11-21-28(27)32-29/h1-22,32H. The zero-order valence-corrected chi connectivity index (χ0v) is 17.7. The molecule has 0 fully saturated rings. The highest BCUT2D eigenvalue weighted by atomic mass is 14.9. The van der Waals surface area contributed by atoms with Gasteiger partial charge in [-0.15, -0.1) is 0 Å². The molecule has 1 heteroatoms. The third kappa shape index (κ3) is 2.72. The maximum absolute atomic E-state index is 3.74. The molecule has 6 rings (SSSR count). The summed E-state index contributed by atoms with van der Waals surface area (Å²) >= 11 is 0. The summed E-state index contributed by atoms with van der Waals surface area (Å²) in [7, 11) is 0. The Balaban J connectivity index is 1.82. The molecule has 0 aliphatic carbocycles. The summed E-state index contributed by atoms with van der Waals surface area (Å²) in [5, 5.41) is 3.74. The van der Waals surface area contributed by atoms with Gasteiger partial charge in [0.25, 0.3) is 0 Å². The molecule has 152 valence electrons. The molecular weight excluding hydrogens is 386 g/mol. The van der Waals surface area contributed by atoms with Crippen molar-refractivity contribution in [3.63, 3.8) is 0 Å². The maximum atomic E-state index is 3.74. The molecule has 0 radical (unpaired) electrons. The first kappa shape index (κ1) is 18.7. The second-order valence-corrected chi connectivity index (χ2v) is 8.25. The minimum Gasteiger partial charge on any atom is -0.355 e. The van der Waals surface area contributed by atoms with Crippen LogP contribution < -0.4 is 5.32 Å². The zero-order valence-electron chi connectivity index (χ0n) is 17.7. The molecule has 1 heterocycles. The van der Waals surface area contributed by atoms with Gasteiger partial charge in [0.15, 0.2) is 0 Å². The topological polar surface area (TPSA) is 12.0 Å². The minimum atomic E-state index is -0.438. The number of para-hydroxylation sites is 1. The molecule has 32 heavy (non-hydrogen) atoms. The van der Waals surface area contributed by atoms with Crippen LogP contribution in [0.5, 0.6) is 0 Å². The van der Waals surface area contributed by atoms with Gasteiger partial charge in [0.1, 0.15) is 0 Å². The van der Waals surface area contributed by atoms with Crippen molar-refractivity contribution in [3.05, 3.63) is 156 Å². The molecule has 1 nitrogen and oxygen atoms in total. The van der Waals surface area contributed by atoms with Crippen molar-refractivity contribution >= 4 is 11.4 Å². The van der Waals surface area contributed by atoms with Crippen molar-refractivity contribution in [2.75, 3.05) is 5.32 Å². The molecule has 0 aromatic heterocycles. The van der Waals surface area contributed by atoms with E-state index in [2.05, 4.69) is 139 Å². The molecule has 0 saturated heterocycles. The van der Waals surface area contributed by atoms with E-state index in [1.54, 1.807) is 0 Å². The molecule has 0 spiro atoms. The lowest BCUT2D eigenvalue weighted by Gasteiger charge is -2.43. The van der Waals surface area contributed by atoms with Crippen LogP contribution in [0.1, 0.15) is 22.3 Å². The van der Waals surface area contributed by atoms with E-state index < -0.39 is 5.41 Å². The normalized spacial score (nSPS) is 13.5. The number of rotatable bonds is 3. The molecular formula is C31H23N. The summed E-state index contributed by atoms with van der Waals surface area (Å²) in [5.74, 6) is 0. The van der Waals surface area contributed by atoms with Crippen molar-refractivity contribution in [2.24, 2.45) is 0 Å². The van der Waals surface area contributed by atoms with Gasteiger partial charge in [0.05, 0.1) is 5.41 Å². The van der Waals surface area contributed by atoms with Gasteiger partial charge < -0.3 is 5.32 Å². The second kappa shape index (κ2) is 7.55. The Morgan fingerprint density at radius 2 is 0.969 bits per heavy atom. The van der Waals surface area contributed by atoms with E-state index in [0.29, 0.717) is 0 Å². The monoisotopic (exact) mass is 409 g/mol. The van der Waals surface area contributed by atoms with E-state index in [1.165, 1.54) is 33.4 Å². The van der Waals surface area contributed by atoms with E-state index in [-0.39, 0.29) is 0 Å². The van der Waals surface area contributed by atoms with Crippen LogP contribution >= 0.6 is 0 Å². The van der Waals surface area contributed by atoms with Crippen LogP contribution in [0, 0.1) is 0 Å². The second-order valence-electron chi connectivity index (χ2n) is 8.25. The summed E-state index contributed by atoms with van der Waals surface area (Å²) in [6.45, 7) is 0. The molecule has 0 saturated carbocycles. The van der Waals surface area contributed by atoms with Gasteiger partial charge in [0.2, 0.25) is 0 Å². The maximum Gasteiger partial charge on any atom is 0.0748 e. The molecule has 0 atom stereocenters. The average Bonchev–Trinajstić information content (AvgIpc) is 2.88. The van der Waals surface area contributed by atoms with Gasteiger partial charge in [0, 0.05) is 16.9 Å². The molecule has 1 aliphatic heterocycles. The minimum absolute atomic E-state index is 0.438. The summed E-state index contributed by atoms with van der Waals surface area (Å²) in [6, 6.07) is 47.9. The van der Waals surface area contributed by atoms with Crippen molar-refractivity contribution < 1.29 is 0 Å². The van der Waals surface area contributed by atoms with Crippen LogP contribution in [-0.4, -0.2) is 0 Å². The average molecular weight is 410 g/mol. The number of anilines is 2. The fraction of sp³-hybridized carbons (Fsp3) is 0.0323. The number of nitrogens with one attached hydrogen (secondary N) is 1. The SMILES string of the molecule is c1ccc(-c2cccc3c2C(c2ccccc2)(c2ccccc2)c2ccccc2N3)cc1. The fourth-order valence-electron chi connectivity index (χ4n) is 5.26. The van der Waals surface area contributed by atoms with Crippen molar-refractivity contribution in [3.8, 4) is 11.1 Å². The van der Waals surface area contributed by atoms with Crippen LogP contribution in [0.3, 0.4) is 0 Å². The Hall–Kier alpha value is -4.10. The lowest BCUT2D eigenvalue weighted by Crippen LogP contribution is -2.35. The Morgan fingerprint density at radius 1 is 0.438 bits per heavy atom. The summed E-state index contributed by atoms with van der Waals surface area (Å²) in [4.78, 5) is 0. The van der Waals surface area contributed by atoms with Crippen molar-refractivity contribution in [2.45, 2.75) is 5.41 Å². The Bertz CT molecular complexity index is 1330. The highest BCUT2D eigenvalue weighted by Gasteiger charge is 2.45. The smallest absolute Gasteiger partial charge is 0.0748 e. The Morgan fingerprint density at radius 3 is 1.62 bits per heavy atom. The lowest BCUT2D eigenvalue weighted by atomic mass is 9.61. The van der Waals surface area contributed by atoms with Crippen LogP contribution in [0.15, 0.2) is 133 Å². The zero-order chi connectivity index (χ0) is 21.4. The van der Waals surface area contributed by atoms with Gasteiger partial charge >= 0.3 is 0 Å². The first-order valence-electron chi connectivity index (χ1n) is 11.1. The number of fused-ring (bicyclic) bond motifs is 2. The molecule has 0 unspecified atom stereocenters.